The maximum atomic E-state index is 11.7. The summed E-state index contributed by atoms with van der Waals surface area (Å²) < 4.78 is 0. The highest BCUT2D eigenvalue weighted by Crippen LogP contribution is 2.29. The predicted octanol–water partition coefficient (Wildman–Crippen LogP) is 0.263. The Bertz CT molecular complexity index is 300. The normalized spacial score (nSPS) is 18.3. The summed E-state index contributed by atoms with van der Waals surface area (Å²) in [4.78, 5) is 24.0. The van der Waals surface area contributed by atoms with Crippen molar-refractivity contribution in [2.75, 3.05) is 19.6 Å². The summed E-state index contributed by atoms with van der Waals surface area (Å²) in [6, 6.07) is -0.319. The SMILES string of the molecule is CCN(CC1CC1)C(=O)NCC(C)(O)C(=O)O. The van der Waals surface area contributed by atoms with Gasteiger partial charge in [0.15, 0.2) is 5.60 Å². The number of carbonyl (C=O) groups is 2. The van der Waals surface area contributed by atoms with Crippen LogP contribution in [0.3, 0.4) is 0 Å². The van der Waals surface area contributed by atoms with E-state index in [0.717, 1.165) is 19.8 Å². The molecule has 1 atom stereocenters. The molecule has 1 unspecified atom stereocenters. The summed E-state index contributed by atoms with van der Waals surface area (Å²) in [7, 11) is 0. The number of nitrogens with zero attached hydrogens (tertiary/aromatic N) is 1. The second kappa shape index (κ2) is 5.35. The molecule has 0 aromatic carbocycles. The minimum absolute atomic E-state index is 0.289. The standard InChI is InChI=1S/C11H20N2O4/c1-3-13(6-8-4-5-8)10(16)12-7-11(2,17)9(14)15/h8,17H,3-7H2,1-2H3,(H,12,16)(H,14,15). The average Bonchev–Trinajstić information content (AvgIpc) is 3.06. The van der Waals surface area contributed by atoms with Crippen LogP contribution >= 0.6 is 0 Å². The molecule has 17 heavy (non-hydrogen) atoms. The van der Waals surface area contributed by atoms with E-state index >= 15 is 0 Å². The lowest BCUT2D eigenvalue weighted by molar-refractivity contribution is -0.155. The van der Waals surface area contributed by atoms with Gasteiger partial charge in [0.2, 0.25) is 0 Å². The molecule has 6 heteroatoms. The lowest BCUT2D eigenvalue weighted by atomic mass is 10.1. The van der Waals surface area contributed by atoms with Gasteiger partial charge < -0.3 is 20.4 Å². The van der Waals surface area contributed by atoms with E-state index in [9.17, 15) is 14.7 Å². The number of hydrogen-bond acceptors (Lipinski definition) is 3. The van der Waals surface area contributed by atoms with E-state index in [2.05, 4.69) is 5.32 Å². The zero-order chi connectivity index (χ0) is 13.1. The Hall–Kier alpha value is -1.30. The molecule has 2 amide bonds. The van der Waals surface area contributed by atoms with Crippen LogP contribution in [0.15, 0.2) is 0 Å². The predicted molar refractivity (Wildman–Crippen MR) is 61.6 cm³/mol. The molecule has 0 aliphatic heterocycles. The van der Waals surface area contributed by atoms with E-state index in [0.29, 0.717) is 19.0 Å². The topological polar surface area (TPSA) is 89.9 Å². The molecule has 0 heterocycles. The minimum atomic E-state index is -1.92. The Morgan fingerprint density at radius 3 is 2.47 bits per heavy atom. The fraction of sp³-hybridized carbons (Fsp3) is 0.818. The third kappa shape index (κ3) is 4.22. The highest BCUT2D eigenvalue weighted by Gasteiger charge is 2.31. The molecule has 0 aromatic rings. The molecule has 0 bridgehead atoms. The van der Waals surface area contributed by atoms with Crippen LogP contribution in [0.2, 0.25) is 0 Å². The molecule has 0 spiro atoms. The molecule has 1 fully saturated rings. The third-order valence-electron chi connectivity index (χ3n) is 2.89. The van der Waals surface area contributed by atoms with Crippen molar-refractivity contribution in [3.05, 3.63) is 0 Å². The molecule has 0 saturated heterocycles. The van der Waals surface area contributed by atoms with Crippen molar-refractivity contribution >= 4 is 12.0 Å². The second-order valence-corrected chi connectivity index (χ2v) is 4.72. The van der Waals surface area contributed by atoms with Gasteiger partial charge in [0.05, 0.1) is 6.54 Å². The van der Waals surface area contributed by atoms with E-state index in [-0.39, 0.29) is 12.6 Å². The number of carboxylic acid groups (broad SMARTS) is 1. The summed E-state index contributed by atoms with van der Waals surface area (Å²) in [6.07, 6.45) is 2.30. The lowest BCUT2D eigenvalue weighted by Gasteiger charge is -2.24. The van der Waals surface area contributed by atoms with E-state index < -0.39 is 11.6 Å². The van der Waals surface area contributed by atoms with Crippen molar-refractivity contribution in [2.24, 2.45) is 5.92 Å². The Morgan fingerprint density at radius 1 is 1.47 bits per heavy atom. The van der Waals surface area contributed by atoms with Gasteiger partial charge in [0.1, 0.15) is 0 Å². The highest BCUT2D eigenvalue weighted by atomic mass is 16.4. The van der Waals surface area contributed by atoms with E-state index in [1.165, 1.54) is 0 Å². The van der Waals surface area contributed by atoms with Crippen LogP contribution < -0.4 is 5.32 Å². The first-order valence-corrected chi connectivity index (χ1v) is 5.85. The quantitative estimate of drug-likeness (QED) is 0.625. The summed E-state index contributed by atoms with van der Waals surface area (Å²) in [5, 5.41) is 20.6. The van der Waals surface area contributed by atoms with Gasteiger partial charge in [-0.3, -0.25) is 0 Å². The van der Waals surface area contributed by atoms with Crippen molar-refractivity contribution in [3.8, 4) is 0 Å². The Morgan fingerprint density at radius 2 is 2.06 bits per heavy atom. The van der Waals surface area contributed by atoms with E-state index in [1.54, 1.807) is 4.90 Å². The second-order valence-electron chi connectivity index (χ2n) is 4.72. The van der Waals surface area contributed by atoms with Gasteiger partial charge in [-0.05, 0) is 32.6 Å². The minimum Gasteiger partial charge on any atom is -0.479 e. The van der Waals surface area contributed by atoms with Crippen LogP contribution in [0.5, 0.6) is 0 Å². The monoisotopic (exact) mass is 244 g/mol. The number of urea groups is 1. The van der Waals surface area contributed by atoms with Crippen LogP contribution in [0.25, 0.3) is 0 Å². The number of rotatable bonds is 6. The molecule has 1 aliphatic carbocycles. The highest BCUT2D eigenvalue weighted by molar-refractivity contribution is 5.79. The van der Waals surface area contributed by atoms with Crippen LogP contribution in [-0.4, -0.2) is 52.3 Å². The Kier molecular flexibility index (Phi) is 4.34. The molecule has 1 rings (SSSR count). The first-order valence-electron chi connectivity index (χ1n) is 5.85. The number of aliphatic carboxylic acids is 1. The number of amides is 2. The maximum Gasteiger partial charge on any atom is 0.337 e. The van der Waals surface area contributed by atoms with Crippen molar-refractivity contribution in [1.82, 2.24) is 10.2 Å². The van der Waals surface area contributed by atoms with Gasteiger partial charge in [-0.15, -0.1) is 0 Å². The van der Waals surface area contributed by atoms with Gasteiger partial charge in [-0.2, -0.15) is 0 Å². The molecule has 0 radical (unpaired) electrons. The molecule has 98 valence electrons. The van der Waals surface area contributed by atoms with Gasteiger partial charge in [-0.25, -0.2) is 9.59 Å². The van der Waals surface area contributed by atoms with Crippen molar-refractivity contribution in [1.29, 1.82) is 0 Å². The molecule has 0 aromatic heterocycles. The summed E-state index contributed by atoms with van der Waals surface area (Å²) >= 11 is 0. The van der Waals surface area contributed by atoms with Gasteiger partial charge in [0.25, 0.3) is 0 Å². The van der Waals surface area contributed by atoms with E-state index in [4.69, 9.17) is 5.11 Å². The van der Waals surface area contributed by atoms with Crippen LogP contribution in [-0.2, 0) is 4.79 Å². The van der Waals surface area contributed by atoms with Crippen LogP contribution in [0.4, 0.5) is 4.79 Å². The van der Waals surface area contributed by atoms with Gasteiger partial charge in [0, 0.05) is 13.1 Å². The largest absolute Gasteiger partial charge is 0.479 e. The summed E-state index contributed by atoms with van der Waals surface area (Å²) in [5.41, 5.74) is -1.92. The van der Waals surface area contributed by atoms with Gasteiger partial charge >= 0.3 is 12.0 Å². The zero-order valence-electron chi connectivity index (χ0n) is 10.3. The fourth-order valence-corrected chi connectivity index (χ4v) is 1.40. The smallest absolute Gasteiger partial charge is 0.337 e. The Balaban J connectivity index is 2.38. The molecule has 3 N–H and O–H groups in total. The average molecular weight is 244 g/mol. The summed E-state index contributed by atoms with van der Waals surface area (Å²) in [5.74, 6) is -0.760. The molecular weight excluding hydrogens is 224 g/mol. The molecule has 6 nitrogen and oxygen atoms in total. The number of nitrogens with one attached hydrogen (secondary N) is 1. The van der Waals surface area contributed by atoms with Crippen molar-refractivity contribution in [3.63, 3.8) is 0 Å². The molecule has 1 saturated carbocycles. The fourth-order valence-electron chi connectivity index (χ4n) is 1.40. The summed E-state index contributed by atoms with van der Waals surface area (Å²) in [6.45, 7) is 4.03. The zero-order valence-corrected chi connectivity index (χ0v) is 10.3. The van der Waals surface area contributed by atoms with Crippen molar-refractivity contribution in [2.45, 2.75) is 32.3 Å². The number of carboxylic acids is 1. The molecule has 1 aliphatic rings. The van der Waals surface area contributed by atoms with Crippen LogP contribution in [0, 0.1) is 5.92 Å². The van der Waals surface area contributed by atoms with Gasteiger partial charge in [-0.1, -0.05) is 0 Å². The number of hydrogen-bond donors (Lipinski definition) is 3. The first kappa shape index (κ1) is 13.8. The molecular formula is C11H20N2O4. The maximum absolute atomic E-state index is 11.7. The van der Waals surface area contributed by atoms with Crippen molar-refractivity contribution < 1.29 is 19.8 Å². The van der Waals surface area contributed by atoms with Crippen LogP contribution in [0.1, 0.15) is 26.7 Å². The Labute approximate surface area is 101 Å². The first-order chi connectivity index (χ1) is 7.86. The number of aliphatic hydroxyl groups is 1. The third-order valence-corrected chi connectivity index (χ3v) is 2.89. The number of carbonyl (C=O) groups excluding carboxylic acids is 1. The van der Waals surface area contributed by atoms with E-state index in [1.807, 2.05) is 6.92 Å². The lowest BCUT2D eigenvalue weighted by Crippen LogP contribution is -2.50.